The second-order valence-electron chi connectivity index (χ2n) is 8.29. The molecule has 1 saturated heterocycles. The van der Waals surface area contributed by atoms with Gasteiger partial charge >= 0.3 is 0 Å². The Balaban J connectivity index is 1.26. The molecule has 1 unspecified atom stereocenters. The van der Waals surface area contributed by atoms with E-state index < -0.39 is 0 Å². The number of hydrogen-bond donors (Lipinski definition) is 1. The van der Waals surface area contributed by atoms with Crippen LogP contribution in [0.25, 0.3) is 0 Å². The van der Waals surface area contributed by atoms with Crippen LogP contribution in [-0.2, 0) is 17.8 Å². The van der Waals surface area contributed by atoms with Crippen molar-refractivity contribution in [3.05, 3.63) is 52.7 Å². The van der Waals surface area contributed by atoms with Gasteiger partial charge in [0.25, 0.3) is 5.56 Å². The van der Waals surface area contributed by atoms with Gasteiger partial charge in [-0.15, -0.1) is 0 Å². The van der Waals surface area contributed by atoms with Crippen molar-refractivity contribution in [1.82, 2.24) is 20.1 Å². The molecule has 0 aromatic carbocycles. The third-order valence-electron chi connectivity index (χ3n) is 5.83. The summed E-state index contributed by atoms with van der Waals surface area (Å²) in [6, 6.07) is 5.64. The summed E-state index contributed by atoms with van der Waals surface area (Å²) in [6.45, 7) is 3.09. The smallest absolute Gasteiger partial charge is 0.268 e. The van der Waals surface area contributed by atoms with Crippen LogP contribution in [0.3, 0.4) is 0 Å². The monoisotopic (exact) mass is 395 g/mol. The number of nitrogens with one attached hydrogen (secondary N) is 1. The number of amides is 1. The van der Waals surface area contributed by atoms with Gasteiger partial charge < -0.3 is 10.2 Å². The van der Waals surface area contributed by atoms with Crippen molar-refractivity contribution in [3.63, 3.8) is 0 Å². The molecule has 1 N–H and O–H groups in total. The molecule has 0 bridgehead atoms. The highest BCUT2D eigenvalue weighted by Gasteiger charge is 2.25. The minimum atomic E-state index is -0.0228. The molecule has 2 fully saturated rings. The number of anilines is 1. The van der Waals surface area contributed by atoms with Gasteiger partial charge in [0.15, 0.2) is 0 Å². The number of pyridine rings is 1. The Bertz CT molecular complexity index is 878. The average molecular weight is 396 g/mol. The molecule has 1 amide bonds. The number of carbonyl (C=O) groups excluding carboxylic acids is 1. The Morgan fingerprint density at radius 2 is 2.00 bits per heavy atom. The van der Waals surface area contributed by atoms with Gasteiger partial charge in [0.2, 0.25) is 5.91 Å². The summed E-state index contributed by atoms with van der Waals surface area (Å²) >= 11 is 0. The van der Waals surface area contributed by atoms with E-state index in [9.17, 15) is 9.59 Å². The van der Waals surface area contributed by atoms with Crippen LogP contribution >= 0.6 is 0 Å². The Kier molecular flexibility index (Phi) is 6.22. The lowest BCUT2D eigenvalue weighted by Gasteiger charge is -2.34. The molecule has 1 aliphatic carbocycles. The van der Waals surface area contributed by atoms with Gasteiger partial charge in [-0.05, 0) is 61.6 Å². The molecule has 2 aromatic heterocycles. The summed E-state index contributed by atoms with van der Waals surface area (Å²) in [5.41, 5.74) is 2.03. The summed E-state index contributed by atoms with van der Waals surface area (Å²) < 4.78 is 1.58. The third-order valence-corrected chi connectivity index (χ3v) is 5.83. The first-order valence-corrected chi connectivity index (χ1v) is 10.6. The first kappa shape index (κ1) is 19.6. The Morgan fingerprint density at radius 1 is 1.17 bits per heavy atom. The molecular formula is C22H29N5O2. The fraction of sp³-hybridized carbons (Fsp3) is 0.545. The summed E-state index contributed by atoms with van der Waals surface area (Å²) in [5, 5.41) is 7.40. The van der Waals surface area contributed by atoms with Crippen LogP contribution < -0.4 is 15.8 Å². The van der Waals surface area contributed by atoms with Crippen molar-refractivity contribution in [1.29, 1.82) is 0 Å². The second-order valence-corrected chi connectivity index (χ2v) is 8.29. The molecule has 0 radical (unpaired) electrons. The predicted molar refractivity (Wildman–Crippen MR) is 112 cm³/mol. The largest absolute Gasteiger partial charge is 0.370 e. The lowest BCUT2D eigenvalue weighted by molar-refractivity contribution is -0.122. The van der Waals surface area contributed by atoms with Crippen molar-refractivity contribution in [2.45, 2.75) is 45.1 Å². The molecule has 3 heterocycles. The van der Waals surface area contributed by atoms with Crippen molar-refractivity contribution in [2.75, 3.05) is 24.5 Å². The van der Waals surface area contributed by atoms with E-state index in [0.717, 1.165) is 44.6 Å². The first-order chi connectivity index (χ1) is 14.2. The second kappa shape index (κ2) is 9.20. The normalized spacial score (nSPS) is 19.2. The highest BCUT2D eigenvalue weighted by Crippen LogP contribution is 2.30. The summed E-state index contributed by atoms with van der Waals surface area (Å²) in [6.07, 6.45) is 11.2. The van der Waals surface area contributed by atoms with Crippen LogP contribution in [0.4, 0.5) is 5.69 Å². The van der Waals surface area contributed by atoms with Crippen LogP contribution in [0.15, 0.2) is 41.6 Å². The number of piperidine rings is 1. The predicted octanol–water partition coefficient (Wildman–Crippen LogP) is 2.01. The van der Waals surface area contributed by atoms with Crippen molar-refractivity contribution >= 4 is 11.6 Å². The molecule has 154 valence electrons. The minimum absolute atomic E-state index is 0.0228. The maximum absolute atomic E-state index is 12.3. The van der Waals surface area contributed by atoms with Crippen LogP contribution in [0, 0.1) is 11.8 Å². The van der Waals surface area contributed by atoms with Crippen molar-refractivity contribution < 1.29 is 4.79 Å². The first-order valence-electron chi connectivity index (χ1n) is 10.6. The molecule has 2 aliphatic rings. The topological polar surface area (TPSA) is 80.1 Å². The zero-order valence-electron chi connectivity index (χ0n) is 16.8. The number of hydrogen-bond acceptors (Lipinski definition) is 5. The van der Waals surface area contributed by atoms with E-state index in [0.29, 0.717) is 24.8 Å². The fourth-order valence-corrected chi connectivity index (χ4v) is 3.98. The Labute approximate surface area is 171 Å². The summed E-state index contributed by atoms with van der Waals surface area (Å²) in [7, 11) is 0. The van der Waals surface area contributed by atoms with E-state index in [1.807, 2.05) is 12.1 Å². The summed E-state index contributed by atoms with van der Waals surface area (Å²) in [5.74, 6) is 1.03. The number of carbonyl (C=O) groups is 1. The summed E-state index contributed by atoms with van der Waals surface area (Å²) in [4.78, 5) is 30.9. The molecule has 29 heavy (non-hydrogen) atoms. The average Bonchev–Trinajstić information content (AvgIpc) is 3.55. The van der Waals surface area contributed by atoms with Gasteiger partial charge in [0, 0.05) is 51.1 Å². The van der Waals surface area contributed by atoms with Gasteiger partial charge in [0.1, 0.15) is 0 Å². The molecule has 1 saturated carbocycles. The molecule has 0 spiro atoms. The molecule has 7 heteroatoms. The van der Waals surface area contributed by atoms with Crippen LogP contribution in [0.5, 0.6) is 0 Å². The molecule has 4 rings (SSSR count). The lowest BCUT2D eigenvalue weighted by Crippen LogP contribution is -2.39. The van der Waals surface area contributed by atoms with Crippen LogP contribution in [-0.4, -0.2) is 40.3 Å². The van der Waals surface area contributed by atoms with Gasteiger partial charge in [-0.25, -0.2) is 4.68 Å². The van der Waals surface area contributed by atoms with Gasteiger partial charge in [0.05, 0.1) is 11.9 Å². The van der Waals surface area contributed by atoms with Gasteiger partial charge in [-0.2, -0.15) is 5.10 Å². The highest BCUT2D eigenvalue weighted by atomic mass is 16.1. The number of rotatable bonds is 8. The lowest BCUT2D eigenvalue weighted by atomic mass is 9.94. The quantitative estimate of drug-likeness (QED) is 0.740. The van der Waals surface area contributed by atoms with E-state index in [4.69, 9.17) is 0 Å². The van der Waals surface area contributed by atoms with E-state index in [2.05, 4.69) is 20.3 Å². The molecule has 2 aromatic rings. The maximum Gasteiger partial charge on any atom is 0.268 e. The molecule has 1 aliphatic heterocycles. The zero-order valence-corrected chi connectivity index (χ0v) is 16.8. The minimum Gasteiger partial charge on any atom is -0.370 e. The van der Waals surface area contributed by atoms with E-state index >= 15 is 0 Å². The standard InChI is InChI=1S/C22H29N5O2/c28-21(24-10-7-17-5-8-23-9-6-17)12-19-2-1-11-26(15-19)20-13-22(29)27(25-14-20)16-18-3-4-18/h5-6,8-9,13-14,18-19H,1-4,7,10-12,15-16H2,(H,24,28). The molecule has 7 nitrogen and oxygen atoms in total. The third kappa shape index (κ3) is 5.65. The van der Waals surface area contributed by atoms with Gasteiger partial charge in [-0.3, -0.25) is 14.6 Å². The van der Waals surface area contributed by atoms with Gasteiger partial charge in [-0.1, -0.05) is 0 Å². The number of aromatic nitrogens is 3. The van der Waals surface area contributed by atoms with Crippen molar-refractivity contribution in [2.24, 2.45) is 11.8 Å². The van der Waals surface area contributed by atoms with Crippen LogP contribution in [0.2, 0.25) is 0 Å². The Morgan fingerprint density at radius 3 is 2.76 bits per heavy atom. The van der Waals surface area contributed by atoms with Crippen LogP contribution in [0.1, 0.15) is 37.7 Å². The maximum atomic E-state index is 12.3. The fourth-order valence-electron chi connectivity index (χ4n) is 3.98. The van der Waals surface area contributed by atoms with E-state index in [-0.39, 0.29) is 11.5 Å². The molecular weight excluding hydrogens is 366 g/mol. The van der Waals surface area contributed by atoms with Crippen molar-refractivity contribution in [3.8, 4) is 0 Å². The number of nitrogens with zero attached hydrogens (tertiary/aromatic N) is 4. The zero-order chi connectivity index (χ0) is 20.1. The van der Waals surface area contributed by atoms with E-state index in [1.54, 1.807) is 29.3 Å². The Hall–Kier alpha value is -2.70. The highest BCUT2D eigenvalue weighted by molar-refractivity contribution is 5.76. The molecule has 1 atom stereocenters. The van der Waals surface area contributed by atoms with E-state index in [1.165, 1.54) is 18.4 Å². The SMILES string of the molecule is O=C(CC1CCCN(c2cnn(CC3CC3)c(=O)c2)C1)NCCc1ccncc1.